The minimum Gasteiger partial charge on any atom is -0.457 e. The summed E-state index contributed by atoms with van der Waals surface area (Å²) >= 11 is 0. The Morgan fingerprint density at radius 3 is 2.24 bits per heavy atom. The van der Waals surface area contributed by atoms with Crippen molar-refractivity contribution < 1.29 is 18.4 Å². The van der Waals surface area contributed by atoms with Crippen LogP contribution in [0.15, 0.2) is 114 Å². The lowest BCUT2D eigenvalue weighted by Gasteiger charge is -2.35. The predicted octanol–water partition coefficient (Wildman–Crippen LogP) is 6.70. The molecular formula is C36H30FN5O3. The molecule has 0 radical (unpaired) electrons. The van der Waals surface area contributed by atoms with E-state index in [9.17, 15) is 9.18 Å². The molecule has 0 atom stereocenters. The van der Waals surface area contributed by atoms with E-state index in [0.29, 0.717) is 55.6 Å². The number of hydrogen-bond acceptors (Lipinski definition) is 7. The van der Waals surface area contributed by atoms with Crippen molar-refractivity contribution in [2.24, 2.45) is 0 Å². The van der Waals surface area contributed by atoms with Crippen molar-refractivity contribution in [2.45, 2.75) is 12.8 Å². The minimum atomic E-state index is -0.314. The molecule has 8 nitrogen and oxygen atoms in total. The Balaban J connectivity index is 1.19. The molecule has 0 saturated carbocycles. The molecule has 0 spiro atoms. The van der Waals surface area contributed by atoms with E-state index >= 15 is 0 Å². The number of aromatic nitrogens is 3. The van der Waals surface area contributed by atoms with Gasteiger partial charge in [0, 0.05) is 38.2 Å². The zero-order chi connectivity index (χ0) is 30.6. The van der Waals surface area contributed by atoms with Gasteiger partial charge in [0.05, 0.1) is 6.42 Å². The lowest BCUT2D eigenvalue weighted by atomic mass is 10.1. The number of carbonyl (C=O) groups is 1. The van der Waals surface area contributed by atoms with Gasteiger partial charge in [-0.25, -0.2) is 9.37 Å². The Bertz CT molecular complexity index is 1920. The van der Waals surface area contributed by atoms with Gasteiger partial charge < -0.3 is 19.1 Å². The average molecular weight is 600 g/mol. The van der Waals surface area contributed by atoms with Crippen molar-refractivity contribution in [1.82, 2.24) is 20.0 Å². The molecule has 6 aromatic rings. The van der Waals surface area contributed by atoms with Gasteiger partial charge in [-0.1, -0.05) is 78.0 Å². The summed E-state index contributed by atoms with van der Waals surface area (Å²) in [6.07, 6.45) is 0.771. The average Bonchev–Trinajstić information content (AvgIpc) is 3.51. The van der Waals surface area contributed by atoms with Crippen LogP contribution in [0.4, 0.5) is 10.2 Å². The molecule has 1 amide bonds. The summed E-state index contributed by atoms with van der Waals surface area (Å²) in [4.78, 5) is 26.9. The fraction of sp³-hybridized carbons (Fsp3) is 0.167. The number of rotatable bonds is 8. The number of para-hydroxylation sites is 1. The third-order valence-electron chi connectivity index (χ3n) is 7.86. The van der Waals surface area contributed by atoms with Crippen LogP contribution in [0, 0.1) is 5.82 Å². The second-order valence-electron chi connectivity index (χ2n) is 11.0. The van der Waals surface area contributed by atoms with Crippen molar-refractivity contribution in [2.75, 3.05) is 31.1 Å². The molecule has 1 aliphatic rings. The summed E-state index contributed by atoms with van der Waals surface area (Å²) in [5.74, 6) is 2.46. The van der Waals surface area contributed by atoms with Crippen LogP contribution in [0.3, 0.4) is 0 Å². The van der Waals surface area contributed by atoms with E-state index in [1.165, 1.54) is 12.1 Å². The summed E-state index contributed by atoms with van der Waals surface area (Å²) in [5.41, 5.74) is 3.73. The summed E-state index contributed by atoms with van der Waals surface area (Å²) in [6.45, 7) is 2.21. The van der Waals surface area contributed by atoms with Gasteiger partial charge in [-0.3, -0.25) is 4.79 Å². The van der Waals surface area contributed by atoms with Gasteiger partial charge in [0.1, 0.15) is 40.0 Å². The number of hydrogen-bond donors (Lipinski definition) is 0. The first-order chi connectivity index (χ1) is 22.1. The molecule has 1 aliphatic heterocycles. The Morgan fingerprint density at radius 2 is 1.49 bits per heavy atom. The molecule has 0 aliphatic carbocycles. The maximum absolute atomic E-state index is 13.3. The van der Waals surface area contributed by atoms with E-state index in [4.69, 9.17) is 19.2 Å². The van der Waals surface area contributed by atoms with Gasteiger partial charge >= 0.3 is 0 Å². The van der Waals surface area contributed by atoms with E-state index < -0.39 is 0 Å². The van der Waals surface area contributed by atoms with E-state index in [-0.39, 0.29) is 18.1 Å². The highest BCUT2D eigenvalue weighted by Crippen LogP contribution is 2.36. The fourth-order valence-electron chi connectivity index (χ4n) is 5.55. The smallest absolute Gasteiger partial charge is 0.263 e. The maximum atomic E-state index is 13.3. The van der Waals surface area contributed by atoms with Crippen molar-refractivity contribution in [3.63, 3.8) is 0 Å². The molecule has 7 rings (SSSR count). The standard InChI is InChI=1S/C36H30FN5O3/c37-28-16-14-26(15-17-28)23-32(43)41-18-20-42(21-19-41)35-33-34(27-10-7-13-30(24-27)44-29-11-5-2-6-12-29)40-45-36(33)39-31(38-35)22-25-8-3-1-4-9-25/h1-17,24H,18-23H2. The van der Waals surface area contributed by atoms with Gasteiger partial charge in [-0.05, 0) is 47.5 Å². The van der Waals surface area contributed by atoms with Gasteiger partial charge in [0.25, 0.3) is 5.71 Å². The number of piperazine rings is 1. The van der Waals surface area contributed by atoms with Crippen LogP contribution in [0.2, 0.25) is 0 Å². The summed E-state index contributed by atoms with van der Waals surface area (Å²) < 4.78 is 25.3. The molecule has 45 heavy (non-hydrogen) atoms. The monoisotopic (exact) mass is 599 g/mol. The Kier molecular flexibility index (Phi) is 7.89. The van der Waals surface area contributed by atoms with Gasteiger partial charge in [0.2, 0.25) is 5.91 Å². The first-order valence-corrected chi connectivity index (χ1v) is 14.9. The van der Waals surface area contributed by atoms with Crippen LogP contribution in [-0.4, -0.2) is 52.1 Å². The zero-order valence-electron chi connectivity index (χ0n) is 24.5. The third kappa shape index (κ3) is 6.38. The lowest BCUT2D eigenvalue weighted by Crippen LogP contribution is -2.49. The molecule has 2 aromatic heterocycles. The first kappa shape index (κ1) is 28.2. The topological polar surface area (TPSA) is 84.6 Å². The highest BCUT2D eigenvalue weighted by Gasteiger charge is 2.27. The van der Waals surface area contributed by atoms with E-state index in [1.807, 2.05) is 89.8 Å². The molecule has 1 fully saturated rings. The second kappa shape index (κ2) is 12.6. The Labute approximate surface area is 259 Å². The van der Waals surface area contributed by atoms with Crippen LogP contribution in [0.25, 0.3) is 22.4 Å². The van der Waals surface area contributed by atoms with Gasteiger partial charge in [-0.2, -0.15) is 4.98 Å². The molecule has 4 aromatic carbocycles. The maximum Gasteiger partial charge on any atom is 0.263 e. The third-order valence-corrected chi connectivity index (χ3v) is 7.86. The van der Waals surface area contributed by atoms with E-state index in [1.54, 1.807) is 12.1 Å². The van der Waals surface area contributed by atoms with E-state index in [2.05, 4.69) is 10.1 Å². The lowest BCUT2D eigenvalue weighted by molar-refractivity contribution is -0.130. The molecule has 0 unspecified atom stereocenters. The quantitative estimate of drug-likeness (QED) is 0.193. The fourth-order valence-corrected chi connectivity index (χ4v) is 5.55. The largest absolute Gasteiger partial charge is 0.457 e. The SMILES string of the molecule is O=C(Cc1ccc(F)cc1)N1CCN(c2nc(Cc3ccccc3)nc3onc(-c4cccc(Oc5ccccc5)c4)c23)CC1. The molecule has 3 heterocycles. The Morgan fingerprint density at radius 1 is 0.778 bits per heavy atom. The zero-order valence-corrected chi connectivity index (χ0v) is 24.5. The van der Waals surface area contributed by atoms with Crippen LogP contribution in [0.5, 0.6) is 11.5 Å². The van der Waals surface area contributed by atoms with Crippen LogP contribution < -0.4 is 9.64 Å². The van der Waals surface area contributed by atoms with E-state index in [0.717, 1.165) is 33.6 Å². The van der Waals surface area contributed by atoms with Crippen LogP contribution in [-0.2, 0) is 17.6 Å². The van der Waals surface area contributed by atoms with Gasteiger partial charge in [-0.15, -0.1) is 0 Å². The molecular weight excluding hydrogens is 569 g/mol. The second-order valence-corrected chi connectivity index (χ2v) is 11.0. The minimum absolute atomic E-state index is 0.0137. The molecule has 0 N–H and O–H groups in total. The number of halogens is 1. The molecule has 0 bridgehead atoms. The van der Waals surface area contributed by atoms with Gasteiger partial charge in [0.15, 0.2) is 0 Å². The molecule has 1 saturated heterocycles. The summed E-state index contributed by atoms with van der Waals surface area (Å²) in [6, 6.07) is 33.5. The summed E-state index contributed by atoms with van der Waals surface area (Å²) in [7, 11) is 0. The highest BCUT2D eigenvalue weighted by molar-refractivity contribution is 5.98. The van der Waals surface area contributed by atoms with Crippen molar-refractivity contribution in [1.29, 1.82) is 0 Å². The number of fused-ring (bicyclic) bond motifs is 1. The predicted molar refractivity (Wildman–Crippen MR) is 170 cm³/mol. The number of carbonyl (C=O) groups excluding carboxylic acids is 1. The van der Waals surface area contributed by atoms with Crippen molar-refractivity contribution in [3.05, 3.63) is 132 Å². The summed E-state index contributed by atoms with van der Waals surface area (Å²) in [5, 5.41) is 5.18. The highest BCUT2D eigenvalue weighted by atomic mass is 19.1. The van der Waals surface area contributed by atoms with Crippen LogP contribution in [0.1, 0.15) is 17.0 Å². The van der Waals surface area contributed by atoms with Crippen LogP contribution >= 0.6 is 0 Å². The number of benzene rings is 4. The van der Waals surface area contributed by atoms with Crippen molar-refractivity contribution in [3.8, 4) is 22.8 Å². The number of ether oxygens (including phenoxy) is 1. The number of amides is 1. The molecule has 9 heteroatoms. The first-order valence-electron chi connectivity index (χ1n) is 14.9. The normalized spacial score (nSPS) is 13.3. The Hall–Kier alpha value is -5.57. The number of nitrogens with zero attached hydrogens (tertiary/aromatic N) is 5. The molecule has 224 valence electrons. The number of anilines is 1. The van der Waals surface area contributed by atoms with Crippen molar-refractivity contribution >= 4 is 22.8 Å².